The normalized spacial score (nSPS) is 12.1. The SMILES string of the molecule is CC(C)(C)n1c(I)ccc1I. The van der Waals surface area contributed by atoms with Crippen LogP contribution < -0.4 is 0 Å². The summed E-state index contributed by atoms with van der Waals surface area (Å²) in [5.41, 5.74) is 0.205. The molecule has 0 saturated heterocycles. The van der Waals surface area contributed by atoms with Crippen molar-refractivity contribution in [2.45, 2.75) is 26.3 Å². The molecule has 0 amide bonds. The van der Waals surface area contributed by atoms with Crippen LogP contribution in [0.5, 0.6) is 0 Å². The predicted molar refractivity (Wildman–Crippen MR) is 64.9 cm³/mol. The second kappa shape index (κ2) is 3.24. The molecular weight excluding hydrogens is 364 g/mol. The Balaban J connectivity index is 3.21. The Bertz CT molecular complexity index is 238. The van der Waals surface area contributed by atoms with Crippen LogP contribution in [0.2, 0.25) is 0 Å². The van der Waals surface area contributed by atoms with E-state index in [1.807, 2.05) is 0 Å². The van der Waals surface area contributed by atoms with Crippen molar-refractivity contribution in [3.63, 3.8) is 0 Å². The van der Waals surface area contributed by atoms with E-state index < -0.39 is 0 Å². The monoisotopic (exact) mass is 375 g/mol. The number of halogens is 2. The molecule has 1 heterocycles. The van der Waals surface area contributed by atoms with Gasteiger partial charge in [-0.2, -0.15) is 0 Å². The van der Waals surface area contributed by atoms with Gasteiger partial charge in [-0.15, -0.1) is 0 Å². The second-order valence-corrected chi connectivity index (χ2v) is 5.70. The van der Waals surface area contributed by atoms with E-state index in [2.05, 4.69) is 82.7 Å². The Labute approximate surface area is 94.8 Å². The smallest absolute Gasteiger partial charge is 0.0811 e. The largest absolute Gasteiger partial charge is 0.326 e. The van der Waals surface area contributed by atoms with Crippen molar-refractivity contribution in [2.24, 2.45) is 0 Å². The lowest BCUT2D eigenvalue weighted by Gasteiger charge is -2.24. The Morgan fingerprint density at radius 2 is 1.45 bits per heavy atom. The lowest BCUT2D eigenvalue weighted by atomic mass is 10.1. The molecule has 0 atom stereocenters. The van der Waals surface area contributed by atoms with E-state index in [-0.39, 0.29) is 5.54 Å². The summed E-state index contributed by atoms with van der Waals surface area (Å²) in [5.74, 6) is 0. The molecule has 0 unspecified atom stereocenters. The summed E-state index contributed by atoms with van der Waals surface area (Å²) < 4.78 is 4.94. The van der Waals surface area contributed by atoms with E-state index in [0.29, 0.717) is 0 Å². The van der Waals surface area contributed by atoms with Crippen molar-refractivity contribution in [3.05, 3.63) is 19.5 Å². The molecule has 0 saturated carbocycles. The maximum Gasteiger partial charge on any atom is 0.0811 e. The third kappa shape index (κ3) is 2.11. The molecule has 62 valence electrons. The van der Waals surface area contributed by atoms with Gasteiger partial charge < -0.3 is 4.57 Å². The first-order valence-electron chi connectivity index (χ1n) is 3.46. The maximum atomic E-state index is 2.36. The molecule has 0 radical (unpaired) electrons. The van der Waals surface area contributed by atoms with Gasteiger partial charge in [0.2, 0.25) is 0 Å². The third-order valence-electron chi connectivity index (χ3n) is 1.46. The standard InChI is InChI=1S/C8H11I2N/c1-8(2,3)11-6(9)4-5-7(11)10/h4-5H,1-3H3. The molecule has 0 aliphatic rings. The number of nitrogens with zero attached hydrogens (tertiary/aromatic N) is 1. The van der Waals surface area contributed by atoms with Gasteiger partial charge in [0.25, 0.3) is 0 Å². The zero-order valence-corrected chi connectivity index (χ0v) is 11.2. The fourth-order valence-corrected chi connectivity index (χ4v) is 3.82. The van der Waals surface area contributed by atoms with Crippen LogP contribution in [-0.2, 0) is 5.54 Å². The molecule has 1 nitrogen and oxygen atoms in total. The van der Waals surface area contributed by atoms with Crippen LogP contribution in [0.25, 0.3) is 0 Å². The Hall–Kier alpha value is 0.740. The zero-order chi connectivity index (χ0) is 8.65. The van der Waals surface area contributed by atoms with Gasteiger partial charge in [0.1, 0.15) is 0 Å². The number of hydrogen-bond acceptors (Lipinski definition) is 0. The van der Waals surface area contributed by atoms with Crippen molar-refractivity contribution in [1.29, 1.82) is 0 Å². The molecule has 11 heavy (non-hydrogen) atoms. The van der Waals surface area contributed by atoms with Crippen LogP contribution in [0.1, 0.15) is 20.8 Å². The fraction of sp³-hybridized carbons (Fsp3) is 0.500. The van der Waals surface area contributed by atoms with Crippen LogP contribution in [-0.4, -0.2) is 4.57 Å². The van der Waals surface area contributed by atoms with Crippen molar-refractivity contribution in [2.75, 3.05) is 0 Å². The van der Waals surface area contributed by atoms with E-state index in [1.165, 1.54) is 7.40 Å². The minimum absolute atomic E-state index is 0.205. The summed E-state index contributed by atoms with van der Waals surface area (Å²) in [6.07, 6.45) is 0. The molecule has 0 spiro atoms. The van der Waals surface area contributed by atoms with Gasteiger partial charge in [-0.05, 0) is 78.1 Å². The van der Waals surface area contributed by atoms with Crippen molar-refractivity contribution >= 4 is 45.2 Å². The average molecular weight is 375 g/mol. The maximum absolute atomic E-state index is 2.36. The topological polar surface area (TPSA) is 4.93 Å². The lowest BCUT2D eigenvalue weighted by molar-refractivity contribution is 0.383. The number of hydrogen-bond donors (Lipinski definition) is 0. The molecule has 3 heteroatoms. The first kappa shape index (κ1) is 9.83. The van der Waals surface area contributed by atoms with Gasteiger partial charge in [0, 0.05) is 5.54 Å². The zero-order valence-electron chi connectivity index (χ0n) is 6.86. The summed E-state index contributed by atoms with van der Waals surface area (Å²) in [7, 11) is 0. The minimum atomic E-state index is 0.205. The summed E-state index contributed by atoms with van der Waals surface area (Å²) in [6.45, 7) is 6.66. The van der Waals surface area contributed by atoms with Crippen LogP contribution in [0.3, 0.4) is 0 Å². The predicted octanol–water partition coefficient (Wildman–Crippen LogP) is 3.45. The summed E-state index contributed by atoms with van der Waals surface area (Å²) in [6, 6.07) is 4.29. The van der Waals surface area contributed by atoms with Gasteiger partial charge in [0.15, 0.2) is 0 Å². The first-order valence-corrected chi connectivity index (χ1v) is 5.62. The lowest BCUT2D eigenvalue weighted by Crippen LogP contribution is -2.24. The summed E-state index contributed by atoms with van der Waals surface area (Å²) >= 11 is 4.73. The Morgan fingerprint density at radius 1 is 1.09 bits per heavy atom. The molecule has 0 aliphatic carbocycles. The van der Waals surface area contributed by atoms with Gasteiger partial charge >= 0.3 is 0 Å². The van der Waals surface area contributed by atoms with E-state index in [0.717, 1.165) is 0 Å². The summed E-state index contributed by atoms with van der Waals surface area (Å²) in [4.78, 5) is 0. The van der Waals surface area contributed by atoms with Crippen LogP contribution in [0.15, 0.2) is 12.1 Å². The third-order valence-corrected chi connectivity index (χ3v) is 3.14. The number of aromatic nitrogens is 1. The molecule has 1 rings (SSSR count). The van der Waals surface area contributed by atoms with E-state index in [1.54, 1.807) is 0 Å². The average Bonchev–Trinajstić information content (AvgIpc) is 2.08. The van der Waals surface area contributed by atoms with Crippen LogP contribution in [0, 0.1) is 7.40 Å². The summed E-state index contributed by atoms with van der Waals surface area (Å²) in [5, 5.41) is 0. The van der Waals surface area contributed by atoms with Crippen LogP contribution >= 0.6 is 45.2 Å². The van der Waals surface area contributed by atoms with Gasteiger partial charge in [-0.25, -0.2) is 0 Å². The highest BCUT2D eigenvalue weighted by Gasteiger charge is 2.17. The molecule has 0 bridgehead atoms. The molecular formula is C8H11I2N. The van der Waals surface area contributed by atoms with Gasteiger partial charge in [-0.1, -0.05) is 0 Å². The highest BCUT2D eigenvalue weighted by atomic mass is 127. The van der Waals surface area contributed by atoms with Gasteiger partial charge in [0.05, 0.1) is 7.40 Å². The van der Waals surface area contributed by atoms with E-state index in [9.17, 15) is 0 Å². The molecule has 0 N–H and O–H groups in total. The van der Waals surface area contributed by atoms with Gasteiger partial charge in [-0.3, -0.25) is 0 Å². The molecule has 0 fully saturated rings. The van der Waals surface area contributed by atoms with Crippen molar-refractivity contribution in [3.8, 4) is 0 Å². The minimum Gasteiger partial charge on any atom is -0.326 e. The fourth-order valence-electron chi connectivity index (χ4n) is 1.03. The quantitative estimate of drug-likeness (QED) is 0.613. The number of rotatable bonds is 0. The Morgan fingerprint density at radius 3 is 1.64 bits per heavy atom. The highest BCUT2D eigenvalue weighted by Crippen LogP contribution is 2.23. The van der Waals surface area contributed by atoms with Crippen molar-refractivity contribution < 1.29 is 0 Å². The van der Waals surface area contributed by atoms with E-state index in [4.69, 9.17) is 0 Å². The molecule has 1 aromatic heterocycles. The molecule has 0 aromatic carbocycles. The van der Waals surface area contributed by atoms with Crippen molar-refractivity contribution in [1.82, 2.24) is 4.57 Å². The Kier molecular flexibility index (Phi) is 2.89. The molecule has 0 aliphatic heterocycles. The molecule has 1 aromatic rings. The van der Waals surface area contributed by atoms with E-state index >= 15 is 0 Å². The van der Waals surface area contributed by atoms with Crippen LogP contribution in [0.4, 0.5) is 0 Å². The second-order valence-electron chi connectivity index (χ2n) is 3.49. The first-order chi connectivity index (χ1) is 4.93. The highest BCUT2D eigenvalue weighted by molar-refractivity contribution is 14.1.